The second-order valence-corrected chi connectivity index (χ2v) is 4.08. The summed E-state index contributed by atoms with van der Waals surface area (Å²) in [5, 5.41) is 5.71. The van der Waals surface area contributed by atoms with Gasteiger partial charge in [-0.25, -0.2) is 0 Å². The Morgan fingerprint density at radius 1 is 1.50 bits per heavy atom. The molecule has 1 heterocycles. The van der Waals surface area contributed by atoms with Crippen molar-refractivity contribution in [3.05, 3.63) is 0 Å². The standard InChI is InChI=1S/C11H21N3O2/c1-3-7-14(8-10(15)12-2)11(16)9-5-4-6-13-9/h9,13H,3-8H2,1-2H3,(H,12,15)/t9-/m1/s1. The van der Waals surface area contributed by atoms with Gasteiger partial charge in [0.05, 0.1) is 12.6 Å². The van der Waals surface area contributed by atoms with Gasteiger partial charge >= 0.3 is 0 Å². The number of carbonyl (C=O) groups is 2. The number of carbonyl (C=O) groups excluding carboxylic acids is 2. The Bertz CT molecular complexity index is 250. The summed E-state index contributed by atoms with van der Waals surface area (Å²) >= 11 is 0. The van der Waals surface area contributed by atoms with E-state index in [0.717, 1.165) is 25.8 Å². The third kappa shape index (κ3) is 3.48. The van der Waals surface area contributed by atoms with E-state index in [9.17, 15) is 9.59 Å². The van der Waals surface area contributed by atoms with E-state index in [1.807, 2.05) is 6.92 Å². The fourth-order valence-electron chi connectivity index (χ4n) is 1.91. The minimum absolute atomic E-state index is 0.0583. The fourth-order valence-corrected chi connectivity index (χ4v) is 1.91. The molecular formula is C11H21N3O2. The van der Waals surface area contributed by atoms with Crippen molar-refractivity contribution < 1.29 is 9.59 Å². The first-order valence-electron chi connectivity index (χ1n) is 5.91. The molecule has 0 saturated carbocycles. The summed E-state index contributed by atoms with van der Waals surface area (Å²) in [5.74, 6) is -0.0530. The lowest BCUT2D eigenvalue weighted by atomic mass is 10.2. The summed E-state index contributed by atoms with van der Waals surface area (Å²) in [5.41, 5.74) is 0. The van der Waals surface area contributed by atoms with Crippen LogP contribution in [0, 0.1) is 0 Å². The molecule has 1 aliphatic heterocycles. The lowest BCUT2D eigenvalue weighted by Gasteiger charge is -2.24. The summed E-state index contributed by atoms with van der Waals surface area (Å²) in [6.45, 7) is 3.72. The third-order valence-corrected chi connectivity index (χ3v) is 2.78. The number of nitrogens with zero attached hydrogens (tertiary/aromatic N) is 1. The number of nitrogens with one attached hydrogen (secondary N) is 2. The molecule has 0 bridgehead atoms. The van der Waals surface area contributed by atoms with Crippen LogP contribution < -0.4 is 10.6 Å². The van der Waals surface area contributed by atoms with Gasteiger partial charge in [-0.3, -0.25) is 9.59 Å². The number of likely N-dealkylation sites (N-methyl/N-ethyl adjacent to an activating group) is 1. The van der Waals surface area contributed by atoms with Gasteiger partial charge in [0.1, 0.15) is 0 Å². The molecule has 5 nitrogen and oxygen atoms in total. The first-order chi connectivity index (χ1) is 7.69. The molecule has 0 aromatic carbocycles. The maximum atomic E-state index is 12.1. The van der Waals surface area contributed by atoms with Gasteiger partial charge in [0.2, 0.25) is 11.8 Å². The van der Waals surface area contributed by atoms with Crippen LogP contribution in [-0.2, 0) is 9.59 Å². The Kier molecular flexibility index (Phi) is 5.25. The number of hydrogen-bond acceptors (Lipinski definition) is 3. The van der Waals surface area contributed by atoms with Gasteiger partial charge in [-0.2, -0.15) is 0 Å². The number of rotatable bonds is 5. The zero-order valence-electron chi connectivity index (χ0n) is 10.1. The average molecular weight is 227 g/mol. The van der Waals surface area contributed by atoms with Crippen LogP contribution in [0.15, 0.2) is 0 Å². The normalized spacial score (nSPS) is 19.5. The lowest BCUT2D eigenvalue weighted by molar-refractivity contribution is -0.137. The molecule has 0 spiro atoms. The maximum absolute atomic E-state index is 12.1. The number of hydrogen-bond donors (Lipinski definition) is 2. The summed E-state index contributed by atoms with van der Waals surface area (Å²) in [7, 11) is 1.59. The molecule has 1 atom stereocenters. The first kappa shape index (κ1) is 13.0. The molecule has 0 radical (unpaired) electrons. The van der Waals surface area contributed by atoms with Crippen molar-refractivity contribution in [2.24, 2.45) is 0 Å². The minimum Gasteiger partial charge on any atom is -0.358 e. The van der Waals surface area contributed by atoms with Crippen LogP contribution in [-0.4, -0.2) is 49.4 Å². The zero-order valence-corrected chi connectivity index (χ0v) is 10.1. The van der Waals surface area contributed by atoms with Crippen LogP contribution in [0.3, 0.4) is 0 Å². The van der Waals surface area contributed by atoms with Gasteiger partial charge in [-0.15, -0.1) is 0 Å². The molecule has 0 unspecified atom stereocenters. The molecule has 2 N–H and O–H groups in total. The summed E-state index contributed by atoms with van der Waals surface area (Å²) in [4.78, 5) is 25.0. The molecule has 0 aromatic heterocycles. The highest BCUT2D eigenvalue weighted by atomic mass is 16.2. The van der Waals surface area contributed by atoms with Gasteiger partial charge in [0.15, 0.2) is 0 Å². The van der Waals surface area contributed by atoms with Gasteiger partial charge in [-0.05, 0) is 25.8 Å². The van der Waals surface area contributed by atoms with Gasteiger partial charge in [0.25, 0.3) is 0 Å². The van der Waals surface area contributed by atoms with Gasteiger partial charge in [0, 0.05) is 13.6 Å². The van der Waals surface area contributed by atoms with E-state index in [0.29, 0.717) is 6.54 Å². The Morgan fingerprint density at radius 2 is 2.25 bits per heavy atom. The third-order valence-electron chi connectivity index (χ3n) is 2.78. The smallest absolute Gasteiger partial charge is 0.240 e. The Morgan fingerprint density at radius 3 is 2.75 bits per heavy atom. The average Bonchev–Trinajstić information content (AvgIpc) is 2.80. The van der Waals surface area contributed by atoms with E-state index in [2.05, 4.69) is 10.6 Å². The second kappa shape index (κ2) is 6.48. The first-order valence-corrected chi connectivity index (χ1v) is 5.91. The van der Waals surface area contributed by atoms with Crippen molar-refractivity contribution in [1.29, 1.82) is 0 Å². The van der Waals surface area contributed by atoms with Crippen LogP contribution in [0.5, 0.6) is 0 Å². The highest BCUT2D eigenvalue weighted by molar-refractivity contribution is 5.87. The van der Waals surface area contributed by atoms with Crippen LogP contribution in [0.1, 0.15) is 26.2 Å². The van der Waals surface area contributed by atoms with E-state index < -0.39 is 0 Å². The highest BCUT2D eigenvalue weighted by Crippen LogP contribution is 2.08. The van der Waals surface area contributed by atoms with Crippen LogP contribution in [0.2, 0.25) is 0 Å². The van der Waals surface area contributed by atoms with E-state index in [1.54, 1.807) is 11.9 Å². The molecule has 16 heavy (non-hydrogen) atoms. The van der Waals surface area contributed by atoms with E-state index >= 15 is 0 Å². The molecule has 1 saturated heterocycles. The minimum atomic E-state index is -0.111. The quantitative estimate of drug-likeness (QED) is 0.679. The Balaban J connectivity index is 2.53. The summed E-state index contributed by atoms with van der Waals surface area (Å²) < 4.78 is 0. The van der Waals surface area contributed by atoms with Crippen molar-refractivity contribution in [2.45, 2.75) is 32.2 Å². The van der Waals surface area contributed by atoms with Crippen LogP contribution in [0.25, 0.3) is 0 Å². The summed E-state index contributed by atoms with van der Waals surface area (Å²) in [6, 6.07) is -0.0868. The van der Waals surface area contributed by atoms with Crippen molar-refractivity contribution >= 4 is 11.8 Å². The van der Waals surface area contributed by atoms with E-state index in [4.69, 9.17) is 0 Å². The van der Waals surface area contributed by atoms with Crippen molar-refractivity contribution in [1.82, 2.24) is 15.5 Å². The SMILES string of the molecule is CCCN(CC(=O)NC)C(=O)[C@H]1CCCN1. The largest absolute Gasteiger partial charge is 0.358 e. The summed E-state index contributed by atoms with van der Waals surface area (Å²) in [6.07, 6.45) is 2.79. The van der Waals surface area contributed by atoms with Crippen molar-refractivity contribution in [3.8, 4) is 0 Å². The molecule has 1 rings (SSSR count). The Labute approximate surface area is 96.6 Å². The second-order valence-electron chi connectivity index (χ2n) is 4.08. The van der Waals surface area contributed by atoms with E-state index in [1.165, 1.54) is 0 Å². The molecular weight excluding hydrogens is 206 g/mol. The molecule has 92 valence electrons. The van der Waals surface area contributed by atoms with E-state index in [-0.39, 0.29) is 24.4 Å². The molecule has 0 aliphatic carbocycles. The molecule has 1 fully saturated rings. The van der Waals surface area contributed by atoms with Crippen molar-refractivity contribution in [2.75, 3.05) is 26.7 Å². The Hall–Kier alpha value is -1.10. The predicted octanol–water partition coefficient (Wildman–Crippen LogP) is -0.277. The lowest BCUT2D eigenvalue weighted by Crippen LogP contribution is -2.47. The van der Waals surface area contributed by atoms with Crippen molar-refractivity contribution in [3.63, 3.8) is 0 Å². The molecule has 0 aromatic rings. The fraction of sp³-hybridized carbons (Fsp3) is 0.818. The predicted molar refractivity (Wildman–Crippen MR) is 62.0 cm³/mol. The van der Waals surface area contributed by atoms with Gasteiger partial charge in [-0.1, -0.05) is 6.92 Å². The zero-order chi connectivity index (χ0) is 12.0. The molecule has 2 amide bonds. The monoisotopic (exact) mass is 227 g/mol. The highest BCUT2D eigenvalue weighted by Gasteiger charge is 2.27. The van der Waals surface area contributed by atoms with Crippen LogP contribution >= 0.6 is 0 Å². The van der Waals surface area contributed by atoms with Crippen LogP contribution in [0.4, 0.5) is 0 Å². The molecule has 1 aliphatic rings. The molecule has 5 heteroatoms. The van der Waals surface area contributed by atoms with Gasteiger partial charge < -0.3 is 15.5 Å². The number of amides is 2. The maximum Gasteiger partial charge on any atom is 0.240 e. The topological polar surface area (TPSA) is 61.4 Å².